The average Bonchev–Trinajstić information content (AvgIpc) is 3.26. The Hall–Kier alpha value is -2.77. The Morgan fingerprint density at radius 2 is 1.83 bits per heavy atom. The van der Waals surface area contributed by atoms with Gasteiger partial charge in [-0.25, -0.2) is 13.4 Å². The highest BCUT2D eigenvalue weighted by Gasteiger charge is 2.50. The highest BCUT2D eigenvalue weighted by Crippen LogP contribution is 2.46. The molecule has 0 aliphatic carbocycles. The van der Waals surface area contributed by atoms with Crippen LogP contribution in [0.25, 0.3) is 11.1 Å². The Morgan fingerprint density at radius 1 is 1.07 bits per heavy atom. The maximum absolute atomic E-state index is 13.2. The number of likely N-dealkylation sites (tertiary alicyclic amines) is 1. The number of ether oxygens (including phenoxy) is 1. The molecular weight excluding hydrogens is 403 g/mol. The van der Waals surface area contributed by atoms with Crippen LogP contribution in [0.15, 0.2) is 65.7 Å². The molecule has 2 unspecified atom stereocenters. The summed E-state index contributed by atoms with van der Waals surface area (Å²) in [6.07, 6.45) is 1.47. The monoisotopic (exact) mass is 424 g/mol. The zero-order valence-electron chi connectivity index (χ0n) is 16.5. The molecule has 3 heterocycles. The fourth-order valence-corrected chi connectivity index (χ4v) is 6.76. The van der Waals surface area contributed by atoms with Gasteiger partial charge in [-0.15, -0.1) is 0 Å². The van der Waals surface area contributed by atoms with E-state index in [4.69, 9.17) is 4.74 Å². The predicted octanol–water partition coefficient (Wildman–Crippen LogP) is 3.65. The summed E-state index contributed by atoms with van der Waals surface area (Å²) in [6, 6.07) is 16.2. The van der Waals surface area contributed by atoms with Gasteiger partial charge in [0.15, 0.2) is 9.84 Å². The van der Waals surface area contributed by atoms with Crippen molar-refractivity contribution in [2.45, 2.75) is 22.6 Å². The number of hydrogen-bond acceptors (Lipinski definition) is 5. The fourth-order valence-electron chi connectivity index (χ4n) is 4.57. The third-order valence-electron chi connectivity index (χ3n) is 6.08. The van der Waals surface area contributed by atoms with Gasteiger partial charge in [0.25, 0.3) is 0 Å². The molecule has 5 nitrogen and oxygen atoms in total. The number of fused-ring (bicyclic) bond motifs is 3. The van der Waals surface area contributed by atoms with Gasteiger partial charge in [-0.2, -0.15) is 4.39 Å². The first-order valence-electron chi connectivity index (χ1n) is 9.81. The van der Waals surface area contributed by atoms with E-state index in [2.05, 4.69) is 9.88 Å². The van der Waals surface area contributed by atoms with Crippen molar-refractivity contribution in [3.63, 3.8) is 0 Å². The highest BCUT2D eigenvalue weighted by molar-refractivity contribution is 7.92. The standard InChI is InChI=1S/C23H21FN2O3S/c1-29-18-6-2-15(3-7-18)12-26-13-20-19-10-16(17-5-9-23(24)25-11-17)4-8-21(19)30(27,28)22(20)14-26/h2-11,20,22H,12-14H2,1H3. The number of benzene rings is 2. The van der Waals surface area contributed by atoms with E-state index in [1.807, 2.05) is 30.3 Å². The van der Waals surface area contributed by atoms with E-state index in [0.717, 1.165) is 28.0 Å². The molecule has 5 rings (SSSR count). The number of rotatable bonds is 4. The van der Waals surface area contributed by atoms with Gasteiger partial charge in [0.2, 0.25) is 5.95 Å². The normalized spacial score (nSPS) is 21.9. The summed E-state index contributed by atoms with van der Waals surface area (Å²) in [6.45, 7) is 1.90. The number of nitrogens with zero attached hydrogens (tertiary/aromatic N) is 2. The van der Waals surface area contributed by atoms with Crippen LogP contribution in [0, 0.1) is 5.95 Å². The number of aromatic nitrogens is 1. The van der Waals surface area contributed by atoms with Crippen LogP contribution in [0.1, 0.15) is 17.0 Å². The van der Waals surface area contributed by atoms with Crippen molar-refractivity contribution < 1.29 is 17.5 Å². The van der Waals surface area contributed by atoms with Gasteiger partial charge in [0, 0.05) is 37.3 Å². The van der Waals surface area contributed by atoms with Crippen molar-refractivity contribution in [2.75, 3.05) is 20.2 Å². The lowest BCUT2D eigenvalue weighted by molar-refractivity contribution is 0.325. The summed E-state index contributed by atoms with van der Waals surface area (Å²) in [7, 11) is -1.73. The minimum absolute atomic E-state index is 0.0587. The molecule has 7 heteroatoms. The molecule has 1 fully saturated rings. The second-order valence-electron chi connectivity index (χ2n) is 7.85. The molecule has 2 aliphatic heterocycles. The summed E-state index contributed by atoms with van der Waals surface area (Å²) < 4.78 is 44.6. The van der Waals surface area contributed by atoms with Crippen LogP contribution in [0.5, 0.6) is 5.75 Å². The lowest BCUT2D eigenvalue weighted by Gasteiger charge is -2.18. The molecule has 3 aromatic rings. The van der Waals surface area contributed by atoms with Crippen molar-refractivity contribution in [1.82, 2.24) is 9.88 Å². The molecule has 0 saturated carbocycles. The van der Waals surface area contributed by atoms with Gasteiger partial charge >= 0.3 is 0 Å². The second kappa shape index (κ2) is 7.18. The lowest BCUT2D eigenvalue weighted by atomic mass is 9.95. The second-order valence-corrected chi connectivity index (χ2v) is 9.99. The predicted molar refractivity (Wildman–Crippen MR) is 112 cm³/mol. The van der Waals surface area contributed by atoms with Crippen LogP contribution < -0.4 is 4.74 Å². The van der Waals surface area contributed by atoms with Gasteiger partial charge in [0.1, 0.15) is 5.75 Å². The van der Waals surface area contributed by atoms with E-state index < -0.39 is 21.0 Å². The molecule has 2 aromatic carbocycles. The Bertz CT molecular complexity index is 1190. The number of halogens is 1. The van der Waals surface area contributed by atoms with Crippen molar-refractivity contribution in [2.24, 2.45) is 0 Å². The van der Waals surface area contributed by atoms with Crippen LogP contribution >= 0.6 is 0 Å². The third kappa shape index (κ3) is 3.18. The van der Waals surface area contributed by atoms with Crippen LogP contribution in [-0.2, 0) is 16.4 Å². The molecule has 0 bridgehead atoms. The molecule has 0 spiro atoms. The number of pyridine rings is 1. The molecule has 30 heavy (non-hydrogen) atoms. The highest BCUT2D eigenvalue weighted by atomic mass is 32.2. The maximum Gasteiger partial charge on any atom is 0.212 e. The first kappa shape index (κ1) is 19.2. The van der Waals surface area contributed by atoms with E-state index in [-0.39, 0.29) is 5.92 Å². The molecule has 0 amide bonds. The van der Waals surface area contributed by atoms with Crippen LogP contribution in [-0.4, -0.2) is 43.8 Å². The summed E-state index contributed by atoms with van der Waals surface area (Å²) >= 11 is 0. The maximum atomic E-state index is 13.2. The number of methoxy groups -OCH3 is 1. The fraction of sp³-hybridized carbons (Fsp3) is 0.261. The topological polar surface area (TPSA) is 59.5 Å². The number of hydrogen-bond donors (Lipinski definition) is 0. The van der Waals surface area contributed by atoms with E-state index in [1.165, 1.54) is 12.3 Å². The van der Waals surface area contributed by atoms with E-state index >= 15 is 0 Å². The van der Waals surface area contributed by atoms with Crippen molar-refractivity contribution >= 4 is 9.84 Å². The largest absolute Gasteiger partial charge is 0.497 e. The van der Waals surface area contributed by atoms with E-state index in [1.54, 1.807) is 25.3 Å². The average molecular weight is 424 g/mol. The van der Waals surface area contributed by atoms with Gasteiger partial charge in [-0.1, -0.05) is 18.2 Å². The molecule has 1 aromatic heterocycles. The van der Waals surface area contributed by atoms with E-state index in [0.29, 0.717) is 24.5 Å². The minimum atomic E-state index is -3.36. The summed E-state index contributed by atoms with van der Waals surface area (Å²) in [4.78, 5) is 6.34. The van der Waals surface area contributed by atoms with Crippen molar-refractivity contribution in [3.05, 3.63) is 77.9 Å². The summed E-state index contributed by atoms with van der Waals surface area (Å²) in [5, 5.41) is -0.424. The number of sulfone groups is 1. The van der Waals surface area contributed by atoms with E-state index in [9.17, 15) is 12.8 Å². The van der Waals surface area contributed by atoms with Gasteiger partial charge < -0.3 is 4.74 Å². The zero-order valence-corrected chi connectivity index (χ0v) is 17.3. The minimum Gasteiger partial charge on any atom is -0.497 e. The third-order valence-corrected chi connectivity index (χ3v) is 8.34. The molecule has 0 N–H and O–H groups in total. The van der Waals surface area contributed by atoms with Gasteiger partial charge in [-0.05, 0) is 53.1 Å². The van der Waals surface area contributed by atoms with Crippen molar-refractivity contribution in [1.29, 1.82) is 0 Å². The molecule has 0 radical (unpaired) electrons. The first-order chi connectivity index (χ1) is 14.5. The molecule has 2 aliphatic rings. The Labute approximate surface area is 175 Å². The smallest absolute Gasteiger partial charge is 0.212 e. The summed E-state index contributed by atoms with van der Waals surface area (Å²) in [5.41, 5.74) is 3.61. The molecule has 154 valence electrons. The van der Waals surface area contributed by atoms with Crippen LogP contribution in [0.3, 0.4) is 0 Å². The van der Waals surface area contributed by atoms with Crippen LogP contribution in [0.2, 0.25) is 0 Å². The lowest BCUT2D eigenvalue weighted by Crippen LogP contribution is -2.25. The quantitative estimate of drug-likeness (QED) is 0.599. The van der Waals surface area contributed by atoms with Crippen molar-refractivity contribution in [3.8, 4) is 16.9 Å². The van der Waals surface area contributed by atoms with Crippen LogP contribution in [0.4, 0.5) is 4.39 Å². The van der Waals surface area contributed by atoms with Gasteiger partial charge in [0.05, 0.1) is 17.3 Å². The molecular formula is C23H21FN2O3S. The van der Waals surface area contributed by atoms with Gasteiger partial charge in [-0.3, -0.25) is 4.90 Å². The molecule has 2 atom stereocenters. The Kier molecular flexibility index (Phi) is 4.60. The Morgan fingerprint density at radius 3 is 2.53 bits per heavy atom. The first-order valence-corrected chi connectivity index (χ1v) is 11.4. The summed E-state index contributed by atoms with van der Waals surface area (Å²) in [5.74, 6) is 0.209. The Balaban J connectivity index is 1.43. The molecule has 1 saturated heterocycles. The SMILES string of the molecule is COc1ccc(CN2CC3c4cc(-c5ccc(F)nc5)ccc4S(=O)(=O)C3C2)cc1. The zero-order chi connectivity index (χ0) is 20.9.